The van der Waals surface area contributed by atoms with E-state index < -0.39 is 24.5 Å². The molecule has 15 heteroatoms. The lowest BCUT2D eigenvalue weighted by Gasteiger charge is -2.24. The smallest absolute Gasteiger partial charge is 0.335 e. The molecule has 1 N–H and O–H groups in total. The number of hydrogen-bond acceptors (Lipinski definition) is 7. The summed E-state index contributed by atoms with van der Waals surface area (Å²) in [7, 11) is 0. The van der Waals surface area contributed by atoms with E-state index in [0.29, 0.717) is 32.8 Å². The third-order valence-corrected chi connectivity index (χ3v) is 7.01. The fraction of sp³-hybridized carbons (Fsp3) is 0.111. The SMILES string of the molecule is O[C@H](c1ccccc1)[C@@H](c1ccc(-c2c(-n3cc(Cl)nn3)ccc(Cl)c2F)cn1)n1cc(-c2cnnn2C(F)F)cn1. The number of halogens is 5. The van der Waals surface area contributed by atoms with Crippen molar-refractivity contribution in [3.63, 3.8) is 0 Å². The van der Waals surface area contributed by atoms with Crippen LogP contribution in [0.5, 0.6) is 0 Å². The first-order valence-electron chi connectivity index (χ1n) is 12.3. The average Bonchev–Trinajstić information content (AvgIpc) is 3.77. The zero-order valence-electron chi connectivity index (χ0n) is 21.2. The lowest BCUT2D eigenvalue weighted by molar-refractivity contribution is 0.0564. The van der Waals surface area contributed by atoms with Crippen molar-refractivity contribution in [2.24, 2.45) is 0 Å². The Morgan fingerprint density at radius 3 is 2.36 bits per heavy atom. The van der Waals surface area contributed by atoms with Crippen molar-refractivity contribution in [3.8, 4) is 28.1 Å². The Hall–Kier alpha value is -4.59. The molecule has 2 aromatic carbocycles. The first-order valence-corrected chi connectivity index (χ1v) is 13.1. The molecule has 0 radical (unpaired) electrons. The number of aliphatic hydroxyl groups is 1. The number of pyridine rings is 1. The molecule has 10 nitrogen and oxygen atoms in total. The molecule has 0 bridgehead atoms. The van der Waals surface area contributed by atoms with Crippen LogP contribution in [0.4, 0.5) is 13.2 Å². The number of rotatable bonds is 8. The van der Waals surface area contributed by atoms with Crippen molar-refractivity contribution in [1.29, 1.82) is 0 Å². The molecule has 0 aliphatic rings. The summed E-state index contributed by atoms with van der Waals surface area (Å²) in [6.07, 6.45) is 5.76. The standard InChI is InChI=1S/C27H18Cl2F3N9O/c28-18-7-9-20(39-14-22(29)36-38-39)23(24(18)30)16-6-8-19(33-10-16)25(26(42)15-4-2-1-3-5-15)40-13-17(11-35-40)21-12-34-37-41(21)27(31)32/h1-14,25-27,42H/t25-,26-/m1/s1. The molecule has 4 heterocycles. The van der Waals surface area contributed by atoms with Gasteiger partial charge in [0.05, 0.1) is 40.7 Å². The summed E-state index contributed by atoms with van der Waals surface area (Å²) in [5.41, 5.74) is 2.07. The Morgan fingerprint density at radius 1 is 0.857 bits per heavy atom. The van der Waals surface area contributed by atoms with Gasteiger partial charge >= 0.3 is 6.55 Å². The summed E-state index contributed by atoms with van der Waals surface area (Å²) < 4.78 is 45.4. The van der Waals surface area contributed by atoms with E-state index >= 15 is 4.39 Å². The number of benzene rings is 2. The predicted molar refractivity (Wildman–Crippen MR) is 147 cm³/mol. The molecule has 0 fully saturated rings. The van der Waals surface area contributed by atoms with E-state index in [2.05, 4.69) is 30.7 Å². The lowest BCUT2D eigenvalue weighted by Crippen LogP contribution is -2.21. The number of aliphatic hydroxyl groups excluding tert-OH is 1. The Balaban J connectivity index is 1.43. The highest BCUT2D eigenvalue weighted by Gasteiger charge is 2.28. The van der Waals surface area contributed by atoms with Gasteiger partial charge < -0.3 is 5.11 Å². The summed E-state index contributed by atoms with van der Waals surface area (Å²) in [6, 6.07) is 14.1. The molecule has 0 unspecified atom stereocenters. The van der Waals surface area contributed by atoms with Gasteiger partial charge in [0, 0.05) is 29.1 Å². The van der Waals surface area contributed by atoms with E-state index in [-0.39, 0.29) is 21.4 Å². The zero-order valence-corrected chi connectivity index (χ0v) is 22.7. The van der Waals surface area contributed by atoms with Gasteiger partial charge in [-0.1, -0.05) is 70.0 Å². The van der Waals surface area contributed by atoms with Crippen molar-refractivity contribution in [3.05, 3.63) is 113 Å². The fourth-order valence-corrected chi connectivity index (χ4v) is 4.87. The molecule has 6 rings (SSSR count). The van der Waals surface area contributed by atoms with E-state index in [4.69, 9.17) is 23.2 Å². The molecule has 0 aliphatic carbocycles. The van der Waals surface area contributed by atoms with Crippen LogP contribution in [-0.4, -0.2) is 49.9 Å². The van der Waals surface area contributed by atoms with Crippen LogP contribution in [0.2, 0.25) is 10.2 Å². The van der Waals surface area contributed by atoms with Gasteiger partial charge in [0.2, 0.25) is 0 Å². The number of hydrogen-bond donors (Lipinski definition) is 1. The summed E-state index contributed by atoms with van der Waals surface area (Å²) in [5.74, 6) is -0.697. The highest BCUT2D eigenvalue weighted by atomic mass is 35.5. The Labute approximate surface area is 245 Å². The van der Waals surface area contributed by atoms with Crippen molar-refractivity contribution in [2.75, 3.05) is 0 Å². The third-order valence-electron chi connectivity index (χ3n) is 6.55. The summed E-state index contributed by atoms with van der Waals surface area (Å²) >= 11 is 12.0. The number of alkyl halides is 2. The van der Waals surface area contributed by atoms with Gasteiger partial charge in [-0.2, -0.15) is 18.6 Å². The van der Waals surface area contributed by atoms with Crippen LogP contribution in [0, 0.1) is 5.82 Å². The molecule has 0 amide bonds. The van der Waals surface area contributed by atoms with Gasteiger partial charge in [-0.15, -0.1) is 10.2 Å². The fourth-order valence-electron chi connectivity index (χ4n) is 4.59. The quantitative estimate of drug-likeness (QED) is 0.226. The van der Waals surface area contributed by atoms with Crippen LogP contribution in [-0.2, 0) is 0 Å². The minimum Gasteiger partial charge on any atom is -0.386 e. The Kier molecular flexibility index (Phi) is 7.45. The van der Waals surface area contributed by atoms with Crippen LogP contribution < -0.4 is 0 Å². The molecule has 212 valence electrons. The molecule has 0 saturated heterocycles. The first-order chi connectivity index (χ1) is 20.3. The molecule has 0 saturated carbocycles. The Bertz CT molecular complexity index is 1840. The van der Waals surface area contributed by atoms with Gasteiger partial charge in [0.25, 0.3) is 0 Å². The maximum Gasteiger partial charge on any atom is 0.335 e. The second-order valence-corrected chi connectivity index (χ2v) is 9.86. The van der Waals surface area contributed by atoms with Gasteiger partial charge in [-0.05, 0) is 23.8 Å². The minimum absolute atomic E-state index is 0.0460. The molecular weight excluding hydrogens is 594 g/mol. The minimum atomic E-state index is -2.91. The van der Waals surface area contributed by atoms with Crippen LogP contribution in [0.25, 0.3) is 28.1 Å². The summed E-state index contributed by atoms with van der Waals surface area (Å²) in [5, 5.41) is 30.5. The van der Waals surface area contributed by atoms with Gasteiger partial charge in [-0.3, -0.25) is 9.67 Å². The van der Waals surface area contributed by atoms with Crippen molar-refractivity contribution in [2.45, 2.75) is 18.7 Å². The molecule has 0 spiro atoms. The van der Waals surface area contributed by atoms with Gasteiger partial charge in [0.1, 0.15) is 12.1 Å². The summed E-state index contributed by atoms with van der Waals surface area (Å²) in [6.45, 7) is -2.91. The van der Waals surface area contributed by atoms with Crippen LogP contribution >= 0.6 is 23.2 Å². The predicted octanol–water partition coefficient (Wildman–Crippen LogP) is 5.95. The van der Waals surface area contributed by atoms with Gasteiger partial charge in [-0.25, -0.2) is 9.07 Å². The Morgan fingerprint density at radius 2 is 1.67 bits per heavy atom. The maximum atomic E-state index is 15.4. The second kappa shape index (κ2) is 11.4. The zero-order chi connectivity index (χ0) is 29.4. The van der Waals surface area contributed by atoms with Crippen LogP contribution in [0.15, 0.2) is 85.6 Å². The van der Waals surface area contributed by atoms with E-state index in [1.54, 1.807) is 42.5 Å². The maximum absolute atomic E-state index is 15.4. The lowest BCUT2D eigenvalue weighted by atomic mass is 9.98. The molecule has 42 heavy (non-hydrogen) atoms. The monoisotopic (exact) mass is 611 g/mol. The van der Waals surface area contributed by atoms with Crippen molar-refractivity contribution < 1.29 is 18.3 Å². The van der Waals surface area contributed by atoms with Crippen molar-refractivity contribution in [1.82, 2.24) is 44.8 Å². The largest absolute Gasteiger partial charge is 0.386 e. The number of aromatic nitrogens is 9. The first kappa shape index (κ1) is 27.6. The summed E-state index contributed by atoms with van der Waals surface area (Å²) in [4.78, 5) is 4.56. The van der Waals surface area contributed by atoms with E-state index in [9.17, 15) is 13.9 Å². The van der Waals surface area contributed by atoms with E-state index in [0.717, 1.165) is 0 Å². The topological polar surface area (TPSA) is 112 Å². The molecule has 0 aliphatic heterocycles. The highest BCUT2D eigenvalue weighted by Crippen LogP contribution is 2.36. The van der Waals surface area contributed by atoms with Crippen molar-refractivity contribution >= 4 is 23.2 Å². The van der Waals surface area contributed by atoms with E-state index in [1.165, 1.54) is 46.4 Å². The molecule has 4 aromatic heterocycles. The van der Waals surface area contributed by atoms with Crippen LogP contribution in [0.3, 0.4) is 0 Å². The van der Waals surface area contributed by atoms with Crippen LogP contribution in [0.1, 0.15) is 30.0 Å². The van der Waals surface area contributed by atoms with Gasteiger partial charge in [0.15, 0.2) is 11.0 Å². The van der Waals surface area contributed by atoms with E-state index in [1.807, 2.05) is 6.07 Å². The number of nitrogens with zero attached hydrogens (tertiary/aromatic N) is 9. The second-order valence-electron chi connectivity index (χ2n) is 9.06. The molecule has 6 aromatic rings. The highest BCUT2D eigenvalue weighted by molar-refractivity contribution is 6.31. The third kappa shape index (κ3) is 5.13. The molecular formula is C27H18Cl2F3N9O. The average molecular weight is 612 g/mol. The normalized spacial score (nSPS) is 13.0. The molecule has 2 atom stereocenters.